The molecule has 0 radical (unpaired) electrons. The van der Waals surface area contributed by atoms with Crippen LogP contribution in [0.15, 0.2) is 24.3 Å². The maximum Gasteiger partial charge on any atom is 0.418 e. The number of rotatable bonds is 5. The third kappa shape index (κ3) is 3.73. The van der Waals surface area contributed by atoms with Crippen molar-refractivity contribution in [1.29, 1.82) is 0 Å². The van der Waals surface area contributed by atoms with E-state index in [1.54, 1.807) is 18.2 Å². The Kier molecular flexibility index (Phi) is 4.46. The van der Waals surface area contributed by atoms with Gasteiger partial charge in [-0.25, -0.2) is 0 Å². The first-order chi connectivity index (χ1) is 10.1. The number of carbonyl (C=O) groups excluding carboxylic acids is 1. The molecule has 0 aliphatic heterocycles. The number of halogens is 4. The maximum absolute atomic E-state index is 12.6. The van der Waals surface area contributed by atoms with E-state index >= 15 is 0 Å². The number of aliphatic hydroxyl groups is 1. The molecule has 7 heteroatoms. The van der Waals surface area contributed by atoms with Gasteiger partial charge in [0.15, 0.2) is 5.60 Å². The van der Waals surface area contributed by atoms with Crippen LogP contribution in [0.25, 0.3) is 0 Å². The quantitative estimate of drug-likeness (QED) is 0.868. The second-order valence-corrected chi connectivity index (χ2v) is 6.48. The Labute approximate surface area is 131 Å². The summed E-state index contributed by atoms with van der Waals surface area (Å²) in [5.74, 6) is -0.461. The zero-order chi connectivity index (χ0) is 16.6. The van der Waals surface area contributed by atoms with Gasteiger partial charge in [-0.3, -0.25) is 4.79 Å². The maximum atomic E-state index is 12.6. The van der Waals surface area contributed by atoms with Gasteiger partial charge in [-0.05, 0) is 43.9 Å². The minimum Gasteiger partial charge on any atom is -0.379 e. The van der Waals surface area contributed by atoms with Crippen molar-refractivity contribution in [2.75, 3.05) is 6.54 Å². The molecule has 3 nitrogen and oxygen atoms in total. The molecule has 1 amide bonds. The van der Waals surface area contributed by atoms with Gasteiger partial charge >= 0.3 is 6.18 Å². The average molecular weight is 336 g/mol. The molecule has 2 rings (SSSR count). The van der Waals surface area contributed by atoms with Crippen LogP contribution in [0.2, 0.25) is 5.02 Å². The molecule has 1 saturated carbocycles. The van der Waals surface area contributed by atoms with Gasteiger partial charge in [-0.2, -0.15) is 13.2 Å². The Bertz CT molecular complexity index is 568. The Morgan fingerprint density at radius 3 is 2.55 bits per heavy atom. The molecule has 0 bridgehead atoms. The minimum absolute atomic E-state index is 0.424. The molecule has 0 saturated heterocycles. The predicted molar refractivity (Wildman–Crippen MR) is 76.5 cm³/mol. The summed E-state index contributed by atoms with van der Waals surface area (Å²) in [6, 6.07) is 7.04. The average Bonchev–Trinajstić information content (AvgIpc) is 3.15. The zero-order valence-corrected chi connectivity index (χ0v) is 12.8. The molecule has 0 aromatic heterocycles. The summed E-state index contributed by atoms with van der Waals surface area (Å²) in [6.07, 6.45) is -3.14. The van der Waals surface area contributed by atoms with Crippen LogP contribution >= 0.6 is 11.6 Å². The van der Waals surface area contributed by atoms with Crippen LogP contribution in [0.3, 0.4) is 0 Å². The number of carbonyl (C=O) groups is 1. The van der Waals surface area contributed by atoms with Crippen LogP contribution < -0.4 is 5.32 Å². The van der Waals surface area contributed by atoms with Gasteiger partial charge in [0, 0.05) is 5.02 Å². The molecule has 122 valence electrons. The van der Waals surface area contributed by atoms with Gasteiger partial charge < -0.3 is 10.4 Å². The van der Waals surface area contributed by atoms with Gasteiger partial charge in [0.25, 0.3) is 0 Å². The van der Waals surface area contributed by atoms with Crippen molar-refractivity contribution in [3.63, 3.8) is 0 Å². The van der Waals surface area contributed by atoms with E-state index < -0.39 is 29.6 Å². The highest BCUT2D eigenvalue weighted by Gasteiger charge is 2.53. The largest absolute Gasteiger partial charge is 0.418 e. The van der Waals surface area contributed by atoms with E-state index in [1.165, 1.54) is 0 Å². The van der Waals surface area contributed by atoms with Crippen molar-refractivity contribution in [2.45, 2.75) is 38.0 Å². The molecule has 2 N–H and O–H groups in total. The number of benzene rings is 1. The normalized spacial score (nSPS) is 19.4. The Hall–Kier alpha value is -1.27. The number of alkyl halides is 3. The van der Waals surface area contributed by atoms with Crippen molar-refractivity contribution in [2.24, 2.45) is 5.41 Å². The van der Waals surface area contributed by atoms with Crippen molar-refractivity contribution in [3.05, 3.63) is 34.9 Å². The molecule has 1 aliphatic carbocycles. The molecular weight excluding hydrogens is 319 g/mol. The van der Waals surface area contributed by atoms with E-state index in [0.717, 1.165) is 5.56 Å². The lowest BCUT2D eigenvalue weighted by molar-refractivity contribution is -0.250. The predicted octanol–water partition coefficient (Wildman–Crippen LogP) is 3.09. The van der Waals surface area contributed by atoms with Crippen molar-refractivity contribution >= 4 is 17.5 Å². The summed E-state index contributed by atoms with van der Waals surface area (Å²) in [4.78, 5) is 12.2. The number of hydrogen-bond donors (Lipinski definition) is 2. The minimum atomic E-state index is -4.79. The van der Waals surface area contributed by atoms with Crippen molar-refractivity contribution in [3.8, 4) is 0 Å². The topological polar surface area (TPSA) is 49.3 Å². The van der Waals surface area contributed by atoms with Crippen LogP contribution in [0.4, 0.5) is 13.2 Å². The van der Waals surface area contributed by atoms with Crippen molar-refractivity contribution in [1.82, 2.24) is 5.32 Å². The fraction of sp³-hybridized carbons (Fsp3) is 0.533. The van der Waals surface area contributed by atoms with E-state index in [0.29, 0.717) is 31.2 Å². The molecule has 1 aromatic carbocycles. The fourth-order valence-corrected chi connectivity index (χ4v) is 2.43. The number of nitrogens with one attached hydrogen (secondary N) is 1. The molecule has 1 aliphatic rings. The third-order valence-corrected chi connectivity index (χ3v) is 4.21. The Morgan fingerprint density at radius 1 is 1.41 bits per heavy atom. The number of amides is 1. The molecule has 0 spiro atoms. The molecule has 1 unspecified atom stereocenters. The monoisotopic (exact) mass is 335 g/mol. The van der Waals surface area contributed by atoms with E-state index in [1.807, 2.05) is 6.07 Å². The first-order valence-corrected chi connectivity index (χ1v) is 7.25. The lowest BCUT2D eigenvalue weighted by Crippen LogP contribution is -2.52. The molecule has 22 heavy (non-hydrogen) atoms. The van der Waals surface area contributed by atoms with Crippen LogP contribution in [0.5, 0.6) is 0 Å². The Balaban J connectivity index is 1.98. The van der Waals surface area contributed by atoms with Gasteiger partial charge in [0.2, 0.25) is 5.91 Å². The summed E-state index contributed by atoms with van der Waals surface area (Å²) in [5.41, 5.74) is -2.76. The summed E-state index contributed by atoms with van der Waals surface area (Å²) < 4.78 is 37.7. The summed E-state index contributed by atoms with van der Waals surface area (Å²) in [5, 5.41) is 12.1. The van der Waals surface area contributed by atoms with Crippen LogP contribution in [-0.4, -0.2) is 29.3 Å². The second-order valence-electron chi connectivity index (χ2n) is 6.04. The highest BCUT2D eigenvalue weighted by atomic mass is 35.5. The molecule has 1 fully saturated rings. The van der Waals surface area contributed by atoms with Crippen LogP contribution in [0, 0.1) is 5.41 Å². The second kappa shape index (κ2) is 5.74. The van der Waals surface area contributed by atoms with E-state index in [-0.39, 0.29) is 0 Å². The first-order valence-electron chi connectivity index (χ1n) is 6.88. The molecule has 1 aromatic rings. The molecule has 1 atom stereocenters. The number of hydrogen-bond acceptors (Lipinski definition) is 2. The zero-order valence-electron chi connectivity index (χ0n) is 12.0. The summed E-state index contributed by atoms with van der Waals surface area (Å²) in [7, 11) is 0. The third-order valence-electron chi connectivity index (χ3n) is 3.97. The fourth-order valence-electron chi connectivity index (χ4n) is 2.21. The summed E-state index contributed by atoms with van der Waals surface area (Å²) >= 11 is 5.89. The lowest BCUT2D eigenvalue weighted by atomic mass is 9.95. The van der Waals surface area contributed by atoms with Crippen molar-refractivity contribution < 1.29 is 23.1 Å². The molecular formula is C15H17ClF3NO2. The van der Waals surface area contributed by atoms with Gasteiger partial charge in [-0.15, -0.1) is 0 Å². The summed E-state index contributed by atoms with van der Waals surface area (Å²) in [6.45, 7) is -0.212. The standard InChI is InChI=1S/C15H17ClF3NO2/c1-13(22,15(17,18)19)9-20-12(21)14(5-6-14)8-10-3-2-4-11(16)7-10/h2-4,7,22H,5-6,8-9H2,1H3,(H,20,21). The highest BCUT2D eigenvalue weighted by molar-refractivity contribution is 6.30. The van der Waals surface area contributed by atoms with Crippen LogP contribution in [0.1, 0.15) is 25.3 Å². The Morgan fingerprint density at radius 2 is 2.05 bits per heavy atom. The van der Waals surface area contributed by atoms with Gasteiger partial charge in [-0.1, -0.05) is 23.7 Å². The van der Waals surface area contributed by atoms with Gasteiger partial charge in [0.1, 0.15) is 0 Å². The lowest BCUT2D eigenvalue weighted by Gasteiger charge is -2.27. The molecule has 0 heterocycles. The highest BCUT2D eigenvalue weighted by Crippen LogP contribution is 2.49. The van der Waals surface area contributed by atoms with Crippen LogP contribution in [-0.2, 0) is 11.2 Å². The van der Waals surface area contributed by atoms with Gasteiger partial charge in [0.05, 0.1) is 12.0 Å². The SMILES string of the molecule is CC(O)(CNC(=O)C1(Cc2cccc(Cl)c2)CC1)C(F)(F)F. The smallest absolute Gasteiger partial charge is 0.379 e. The van der Waals surface area contributed by atoms with E-state index in [4.69, 9.17) is 11.6 Å². The van der Waals surface area contributed by atoms with E-state index in [2.05, 4.69) is 5.32 Å². The van der Waals surface area contributed by atoms with E-state index in [9.17, 15) is 23.1 Å². The first kappa shape index (κ1) is 17.1.